The smallest absolute Gasteiger partial charge is 0.156 e. The van der Waals surface area contributed by atoms with Crippen molar-refractivity contribution in [3.8, 4) is 6.07 Å². The van der Waals surface area contributed by atoms with Crippen LogP contribution in [0.3, 0.4) is 0 Å². The van der Waals surface area contributed by atoms with Gasteiger partial charge in [0.1, 0.15) is 5.41 Å². The largest absolute Gasteiger partial charge is 0.372 e. The molecule has 1 heterocycles. The summed E-state index contributed by atoms with van der Waals surface area (Å²) in [6, 6.07) is 32.7. The van der Waals surface area contributed by atoms with E-state index in [0.717, 1.165) is 23.1 Å². The van der Waals surface area contributed by atoms with Gasteiger partial charge in [0.25, 0.3) is 0 Å². The first-order chi connectivity index (χ1) is 16.6. The van der Waals surface area contributed by atoms with Crippen molar-refractivity contribution in [3.05, 3.63) is 108 Å². The normalized spacial score (nSPS) is 19.6. The van der Waals surface area contributed by atoms with E-state index in [0.29, 0.717) is 32.5 Å². The van der Waals surface area contributed by atoms with Gasteiger partial charge in [0.15, 0.2) is 6.30 Å². The van der Waals surface area contributed by atoms with Gasteiger partial charge in [-0.05, 0) is 35.4 Å². The van der Waals surface area contributed by atoms with E-state index in [2.05, 4.69) is 13.0 Å². The Kier molecular flexibility index (Phi) is 8.11. The Morgan fingerprint density at radius 2 is 1.53 bits per heavy atom. The van der Waals surface area contributed by atoms with Gasteiger partial charge in [-0.25, -0.2) is 4.39 Å². The molecule has 0 bridgehead atoms. The van der Waals surface area contributed by atoms with E-state index in [1.807, 2.05) is 95.9 Å². The first-order valence-electron chi connectivity index (χ1n) is 12.2. The molecular formula is C30H33FN2O. The van der Waals surface area contributed by atoms with E-state index in [1.165, 1.54) is 0 Å². The van der Waals surface area contributed by atoms with Gasteiger partial charge in [-0.2, -0.15) is 5.26 Å². The summed E-state index contributed by atoms with van der Waals surface area (Å²) < 4.78 is 20.8. The van der Waals surface area contributed by atoms with Gasteiger partial charge in [-0.3, -0.25) is 4.90 Å². The standard InChI is InChI=1S/C30H33FN2O/c1-24(20-33-21-28(19-29(33)31)34-22-25-11-5-2-6-12-25)17-18-30(23-32,26-13-7-3-8-14-26)27-15-9-4-10-16-27/h2-16,24,28-29H,17-22H2,1H3. The first-order valence-corrected chi connectivity index (χ1v) is 12.2. The number of nitrogens with zero attached hydrogens (tertiary/aromatic N) is 2. The Morgan fingerprint density at radius 1 is 0.971 bits per heavy atom. The highest BCUT2D eigenvalue weighted by molar-refractivity contribution is 5.45. The second kappa shape index (κ2) is 11.4. The van der Waals surface area contributed by atoms with E-state index >= 15 is 0 Å². The van der Waals surface area contributed by atoms with Gasteiger partial charge in [0.2, 0.25) is 0 Å². The Hall–Kier alpha value is -3.00. The van der Waals surface area contributed by atoms with Crippen LogP contribution in [0.2, 0.25) is 0 Å². The maximum atomic E-state index is 14.8. The maximum Gasteiger partial charge on any atom is 0.156 e. The molecule has 1 saturated heterocycles. The van der Waals surface area contributed by atoms with Crippen LogP contribution in [-0.4, -0.2) is 30.4 Å². The van der Waals surface area contributed by atoms with Crippen LogP contribution in [0, 0.1) is 17.2 Å². The van der Waals surface area contributed by atoms with E-state index < -0.39 is 11.7 Å². The molecule has 3 aromatic carbocycles. The Labute approximate surface area is 202 Å². The summed E-state index contributed by atoms with van der Waals surface area (Å²) in [5.41, 5.74) is 2.42. The van der Waals surface area contributed by atoms with Crippen LogP contribution in [0.4, 0.5) is 4.39 Å². The zero-order valence-electron chi connectivity index (χ0n) is 19.8. The number of benzene rings is 3. The molecule has 1 fully saturated rings. The van der Waals surface area contributed by atoms with Crippen molar-refractivity contribution in [2.24, 2.45) is 5.92 Å². The van der Waals surface area contributed by atoms with Gasteiger partial charge < -0.3 is 4.74 Å². The molecule has 0 aromatic heterocycles. The summed E-state index contributed by atoms with van der Waals surface area (Å²) >= 11 is 0. The molecule has 4 rings (SSSR count). The van der Waals surface area contributed by atoms with Crippen molar-refractivity contribution < 1.29 is 9.13 Å². The molecule has 1 aliphatic rings. The molecule has 3 aromatic rings. The average Bonchev–Trinajstić information content (AvgIpc) is 3.24. The van der Waals surface area contributed by atoms with E-state index in [9.17, 15) is 9.65 Å². The maximum absolute atomic E-state index is 14.8. The molecule has 34 heavy (non-hydrogen) atoms. The minimum atomic E-state index is -0.979. The lowest BCUT2D eigenvalue weighted by Gasteiger charge is -2.30. The predicted octanol–water partition coefficient (Wildman–Crippen LogP) is 6.50. The van der Waals surface area contributed by atoms with Gasteiger partial charge in [-0.15, -0.1) is 0 Å². The van der Waals surface area contributed by atoms with Crippen LogP contribution in [0.1, 0.15) is 42.9 Å². The van der Waals surface area contributed by atoms with Gasteiger partial charge in [0.05, 0.1) is 18.8 Å². The highest BCUT2D eigenvalue weighted by Crippen LogP contribution is 2.37. The quantitative estimate of drug-likeness (QED) is 0.327. The number of alkyl halides is 1. The number of hydrogen-bond acceptors (Lipinski definition) is 3. The molecular weight excluding hydrogens is 423 g/mol. The van der Waals surface area contributed by atoms with Crippen LogP contribution < -0.4 is 0 Å². The summed E-state index contributed by atoms with van der Waals surface area (Å²) in [7, 11) is 0. The summed E-state index contributed by atoms with van der Waals surface area (Å²) in [4.78, 5) is 1.90. The minimum Gasteiger partial charge on any atom is -0.372 e. The molecule has 0 N–H and O–H groups in total. The lowest BCUT2D eigenvalue weighted by molar-refractivity contribution is 0.0455. The molecule has 0 aliphatic carbocycles. The topological polar surface area (TPSA) is 36.3 Å². The number of likely N-dealkylation sites (tertiary alicyclic amines) is 1. The SMILES string of the molecule is CC(CCC(C#N)(c1ccccc1)c1ccccc1)CN1CC(OCc2ccccc2)CC1F. The van der Waals surface area contributed by atoms with E-state index in [-0.39, 0.29) is 12.0 Å². The molecule has 4 heteroatoms. The summed E-state index contributed by atoms with van der Waals surface area (Å²) in [5.74, 6) is 0.256. The Balaban J connectivity index is 1.37. The molecule has 0 saturated carbocycles. The highest BCUT2D eigenvalue weighted by Gasteiger charge is 2.36. The zero-order chi connectivity index (χ0) is 23.8. The van der Waals surface area contributed by atoms with Gasteiger partial charge >= 0.3 is 0 Å². The Morgan fingerprint density at radius 3 is 2.09 bits per heavy atom. The number of ether oxygens (including phenoxy) is 1. The zero-order valence-corrected chi connectivity index (χ0v) is 19.8. The van der Waals surface area contributed by atoms with Crippen LogP contribution in [0.25, 0.3) is 0 Å². The van der Waals surface area contributed by atoms with Crippen molar-refractivity contribution in [3.63, 3.8) is 0 Å². The number of nitriles is 1. The number of rotatable bonds is 10. The summed E-state index contributed by atoms with van der Waals surface area (Å²) in [6.07, 6.45) is 0.866. The van der Waals surface area contributed by atoms with Crippen molar-refractivity contribution in [2.75, 3.05) is 13.1 Å². The second-order valence-corrected chi connectivity index (χ2v) is 9.44. The van der Waals surface area contributed by atoms with Gasteiger partial charge in [-0.1, -0.05) is 97.9 Å². The van der Waals surface area contributed by atoms with Crippen LogP contribution in [0.15, 0.2) is 91.0 Å². The van der Waals surface area contributed by atoms with E-state index in [4.69, 9.17) is 4.74 Å². The van der Waals surface area contributed by atoms with Crippen molar-refractivity contribution in [1.29, 1.82) is 5.26 Å². The molecule has 176 valence electrons. The lowest BCUT2D eigenvalue weighted by atomic mass is 9.71. The van der Waals surface area contributed by atoms with Gasteiger partial charge in [0, 0.05) is 19.5 Å². The monoisotopic (exact) mass is 456 g/mol. The molecule has 0 radical (unpaired) electrons. The second-order valence-electron chi connectivity index (χ2n) is 9.44. The average molecular weight is 457 g/mol. The number of halogens is 1. The third-order valence-corrected chi connectivity index (χ3v) is 6.90. The summed E-state index contributed by atoms with van der Waals surface area (Å²) in [6.45, 7) is 3.94. The van der Waals surface area contributed by atoms with Crippen molar-refractivity contribution >= 4 is 0 Å². The third-order valence-electron chi connectivity index (χ3n) is 6.90. The van der Waals surface area contributed by atoms with Crippen LogP contribution >= 0.6 is 0 Å². The molecule has 0 amide bonds. The highest BCUT2D eigenvalue weighted by atomic mass is 19.1. The molecule has 3 unspecified atom stereocenters. The van der Waals surface area contributed by atoms with Crippen LogP contribution in [-0.2, 0) is 16.8 Å². The Bertz CT molecular complexity index is 1010. The fourth-order valence-corrected chi connectivity index (χ4v) is 4.95. The fourth-order valence-electron chi connectivity index (χ4n) is 4.95. The third kappa shape index (κ3) is 5.73. The molecule has 1 aliphatic heterocycles. The molecule has 3 atom stereocenters. The fraction of sp³-hybridized carbons (Fsp3) is 0.367. The van der Waals surface area contributed by atoms with Crippen LogP contribution in [0.5, 0.6) is 0 Å². The number of hydrogen-bond donors (Lipinski definition) is 0. The summed E-state index contributed by atoms with van der Waals surface area (Å²) in [5, 5.41) is 10.4. The first kappa shape index (κ1) is 24.1. The van der Waals surface area contributed by atoms with E-state index in [1.54, 1.807) is 0 Å². The predicted molar refractivity (Wildman–Crippen MR) is 134 cm³/mol. The minimum absolute atomic E-state index is 0.0887. The lowest BCUT2D eigenvalue weighted by Crippen LogP contribution is -2.33. The molecule has 0 spiro atoms. The molecule has 3 nitrogen and oxygen atoms in total. The van der Waals surface area contributed by atoms with Crippen molar-refractivity contribution in [2.45, 2.75) is 50.6 Å². The van der Waals surface area contributed by atoms with Crippen molar-refractivity contribution in [1.82, 2.24) is 4.90 Å².